The Kier molecular flexibility index (Phi) is 2.81. The molecule has 1 unspecified atom stereocenters. The second-order valence-corrected chi connectivity index (χ2v) is 4.08. The zero-order valence-corrected chi connectivity index (χ0v) is 9.06. The lowest BCUT2D eigenvalue weighted by Gasteiger charge is -2.11. The molecule has 2 rings (SSSR count). The van der Waals surface area contributed by atoms with Crippen LogP contribution in [0.15, 0.2) is 17.8 Å². The fourth-order valence-corrected chi connectivity index (χ4v) is 2.53. The van der Waals surface area contributed by atoms with E-state index in [9.17, 15) is 0 Å². The van der Waals surface area contributed by atoms with Crippen LogP contribution in [-0.4, -0.2) is 22.2 Å². The lowest BCUT2D eigenvalue weighted by molar-refractivity contribution is 0.660. The van der Waals surface area contributed by atoms with Crippen molar-refractivity contribution in [3.05, 3.63) is 33.5 Å². The molecule has 0 aliphatic heterocycles. The third-order valence-corrected chi connectivity index (χ3v) is 3.33. The maximum atomic E-state index is 6.04. The monoisotopic (exact) mass is 228 g/mol. The molecule has 4 nitrogen and oxygen atoms in total. The van der Waals surface area contributed by atoms with E-state index in [-0.39, 0.29) is 6.04 Å². The van der Waals surface area contributed by atoms with Gasteiger partial charge in [0.15, 0.2) is 0 Å². The van der Waals surface area contributed by atoms with Gasteiger partial charge in [0, 0.05) is 4.88 Å². The molecule has 0 saturated carbocycles. The highest BCUT2D eigenvalue weighted by molar-refractivity contribution is 7.10. The second kappa shape index (κ2) is 4.08. The highest BCUT2D eigenvalue weighted by Crippen LogP contribution is 2.30. The minimum atomic E-state index is -0.00926. The van der Waals surface area contributed by atoms with E-state index in [0.717, 1.165) is 15.7 Å². The fraction of sp³-hybridized carbons (Fsp3) is 0.250. The first-order chi connectivity index (χ1) is 6.83. The van der Waals surface area contributed by atoms with Crippen molar-refractivity contribution in [1.29, 1.82) is 0 Å². The van der Waals surface area contributed by atoms with Crippen LogP contribution >= 0.6 is 22.9 Å². The van der Waals surface area contributed by atoms with Gasteiger partial charge in [0.2, 0.25) is 0 Å². The van der Waals surface area contributed by atoms with Crippen molar-refractivity contribution in [1.82, 2.24) is 20.5 Å². The van der Waals surface area contributed by atoms with Gasteiger partial charge in [-0.15, -0.1) is 11.3 Å². The molecule has 2 aromatic rings. The van der Waals surface area contributed by atoms with Crippen LogP contribution in [0.4, 0.5) is 0 Å². The van der Waals surface area contributed by atoms with Crippen molar-refractivity contribution < 1.29 is 0 Å². The van der Waals surface area contributed by atoms with Gasteiger partial charge < -0.3 is 5.32 Å². The molecule has 0 spiro atoms. The van der Waals surface area contributed by atoms with Gasteiger partial charge in [-0.1, -0.05) is 11.6 Å². The summed E-state index contributed by atoms with van der Waals surface area (Å²) in [5, 5.41) is 12.5. The van der Waals surface area contributed by atoms with Crippen LogP contribution in [0.5, 0.6) is 0 Å². The second-order valence-electron chi connectivity index (χ2n) is 2.73. The Morgan fingerprint density at radius 3 is 3.00 bits per heavy atom. The van der Waals surface area contributed by atoms with E-state index < -0.39 is 0 Å². The van der Waals surface area contributed by atoms with Crippen LogP contribution in [0.1, 0.15) is 16.7 Å². The first-order valence-electron chi connectivity index (χ1n) is 4.08. The van der Waals surface area contributed by atoms with Gasteiger partial charge in [-0.2, -0.15) is 5.10 Å². The number of thiophene rings is 1. The fourth-order valence-electron chi connectivity index (χ4n) is 1.26. The number of nitrogens with zero attached hydrogens (tertiary/aromatic N) is 2. The van der Waals surface area contributed by atoms with E-state index in [2.05, 4.69) is 20.5 Å². The Morgan fingerprint density at radius 2 is 2.50 bits per heavy atom. The summed E-state index contributed by atoms with van der Waals surface area (Å²) in [6.07, 6.45) is 1.49. The molecule has 1 atom stereocenters. The third-order valence-electron chi connectivity index (χ3n) is 1.90. The lowest BCUT2D eigenvalue weighted by Crippen LogP contribution is -2.18. The predicted molar refractivity (Wildman–Crippen MR) is 56.6 cm³/mol. The van der Waals surface area contributed by atoms with Gasteiger partial charge in [0.1, 0.15) is 18.2 Å². The largest absolute Gasteiger partial charge is 0.306 e. The molecular weight excluding hydrogens is 220 g/mol. The summed E-state index contributed by atoms with van der Waals surface area (Å²) < 4.78 is 0. The van der Waals surface area contributed by atoms with Crippen LogP contribution in [0, 0.1) is 0 Å². The van der Waals surface area contributed by atoms with Crippen LogP contribution in [0.2, 0.25) is 5.02 Å². The first kappa shape index (κ1) is 9.64. The van der Waals surface area contributed by atoms with Crippen molar-refractivity contribution in [3.63, 3.8) is 0 Å². The van der Waals surface area contributed by atoms with Gasteiger partial charge in [-0.25, -0.2) is 4.98 Å². The Morgan fingerprint density at radius 1 is 1.64 bits per heavy atom. The molecule has 74 valence electrons. The van der Waals surface area contributed by atoms with Gasteiger partial charge in [-0.3, -0.25) is 5.10 Å². The van der Waals surface area contributed by atoms with Gasteiger partial charge >= 0.3 is 0 Å². The van der Waals surface area contributed by atoms with Crippen LogP contribution in [0.25, 0.3) is 0 Å². The van der Waals surface area contributed by atoms with E-state index in [0.29, 0.717) is 0 Å². The smallest absolute Gasteiger partial charge is 0.146 e. The number of aromatic amines is 1. The maximum Gasteiger partial charge on any atom is 0.146 e. The molecular formula is C8H9ClN4S. The number of nitrogens with one attached hydrogen (secondary N) is 2. The number of halogens is 1. The van der Waals surface area contributed by atoms with E-state index in [1.807, 2.05) is 18.5 Å². The molecule has 2 aromatic heterocycles. The van der Waals surface area contributed by atoms with E-state index in [4.69, 9.17) is 11.6 Å². The average molecular weight is 229 g/mol. The number of H-pyrrole nitrogens is 1. The van der Waals surface area contributed by atoms with Crippen molar-refractivity contribution in [2.75, 3.05) is 7.05 Å². The summed E-state index contributed by atoms with van der Waals surface area (Å²) in [5.74, 6) is 0.775. The van der Waals surface area contributed by atoms with Crippen LogP contribution in [-0.2, 0) is 0 Å². The SMILES string of the molecule is CNC(c1ncn[nH]1)c1sccc1Cl. The van der Waals surface area contributed by atoms with Gasteiger partial charge in [-0.05, 0) is 18.5 Å². The molecule has 0 aliphatic rings. The summed E-state index contributed by atoms with van der Waals surface area (Å²) in [5.41, 5.74) is 0. The highest BCUT2D eigenvalue weighted by atomic mass is 35.5. The normalized spacial score (nSPS) is 13.0. The number of hydrogen-bond acceptors (Lipinski definition) is 4. The summed E-state index contributed by atoms with van der Waals surface area (Å²) in [6, 6.07) is 1.87. The van der Waals surface area contributed by atoms with Crippen molar-refractivity contribution in [2.24, 2.45) is 0 Å². The number of aromatic nitrogens is 3. The molecule has 6 heteroatoms. The summed E-state index contributed by atoms with van der Waals surface area (Å²) in [7, 11) is 1.86. The zero-order valence-electron chi connectivity index (χ0n) is 7.49. The average Bonchev–Trinajstić information content (AvgIpc) is 2.80. The highest BCUT2D eigenvalue weighted by Gasteiger charge is 2.18. The van der Waals surface area contributed by atoms with Gasteiger partial charge in [0.25, 0.3) is 0 Å². The Hall–Kier alpha value is -0.910. The molecule has 2 heterocycles. The Labute approximate surface area is 90.3 Å². The minimum absolute atomic E-state index is 0.00926. The zero-order chi connectivity index (χ0) is 9.97. The molecule has 0 saturated heterocycles. The van der Waals surface area contributed by atoms with Crippen LogP contribution in [0.3, 0.4) is 0 Å². The summed E-state index contributed by atoms with van der Waals surface area (Å²) in [4.78, 5) is 5.15. The first-order valence-corrected chi connectivity index (χ1v) is 5.34. The summed E-state index contributed by atoms with van der Waals surface area (Å²) in [6.45, 7) is 0. The lowest BCUT2D eigenvalue weighted by atomic mass is 10.2. The Balaban J connectivity index is 2.36. The third kappa shape index (κ3) is 1.66. The van der Waals surface area contributed by atoms with Crippen LogP contribution < -0.4 is 5.32 Å². The molecule has 0 amide bonds. The number of hydrogen-bond donors (Lipinski definition) is 2. The molecule has 0 aliphatic carbocycles. The quantitative estimate of drug-likeness (QED) is 0.843. The molecule has 0 bridgehead atoms. The molecule has 0 aromatic carbocycles. The standard InChI is InChI=1S/C8H9ClN4S/c1-10-6(8-11-4-12-13-8)7-5(9)2-3-14-7/h2-4,6,10H,1H3,(H,11,12,13). The van der Waals surface area contributed by atoms with E-state index >= 15 is 0 Å². The molecule has 2 N–H and O–H groups in total. The van der Waals surface area contributed by atoms with Gasteiger partial charge in [0.05, 0.1) is 5.02 Å². The maximum absolute atomic E-state index is 6.04. The molecule has 14 heavy (non-hydrogen) atoms. The predicted octanol–water partition coefficient (Wildman–Crippen LogP) is 1.83. The minimum Gasteiger partial charge on any atom is -0.306 e. The Bertz CT molecular complexity index is 397. The van der Waals surface area contributed by atoms with E-state index in [1.165, 1.54) is 6.33 Å². The molecule has 0 fully saturated rings. The topological polar surface area (TPSA) is 53.6 Å². The van der Waals surface area contributed by atoms with Crippen molar-refractivity contribution in [3.8, 4) is 0 Å². The number of rotatable bonds is 3. The van der Waals surface area contributed by atoms with Crippen molar-refractivity contribution in [2.45, 2.75) is 6.04 Å². The summed E-state index contributed by atoms with van der Waals surface area (Å²) >= 11 is 7.64. The van der Waals surface area contributed by atoms with Crippen molar-refractivity contribution >= 4 is 22.9 Å². The molecule has 0 radical (unpaired) electrons. The van der Waals surface area contributed by atoms with E-state index in [1.54, 1.807) is 11.3 Å².